The lowest BCUT2D eigenvalue weighted by molar-refractivity contribution is -0.118. The molecule has 8 heteroatoms. The summed E-state index contributed by atoms with van der Waals surface area (Å²) in [5.74, 6) is -0.340. The van der Waals surface area contributed by atoms with Crippen molar-refractivity contribution in [3.05, 3.63) is 92.5 Å². The molecule has 32 heavy (non-hydrogen) atoms. The summed E-state index contributed by atoms with van der Waals surface area (Å²) >= 11 is 8.04. The van der Waals surface area contributed by atoms with Crippen LogP contribution in [0, 0.1) is 14.9 Å². The first-order valence-electron chi connectivity index (χ1n) is 9.40. The van der Waals surface area contributed by atoms with Gasteiger partial charge >= 0.3 is 0 Å². The minimum absolute atomic E-state index is 0.0292. The van der Waals surface area contributed by atoms with E-state index in [2.05, 4.69) is 33.2 Å². The second kappa shape index (κ2) is 11.3. The number of rotatable bonds is 7. The summed E-state index contributed by atoms with van der Waals surface area (Å²) in [6.07, 6.45) is 1.48. The first-order valence-corrected chi connectivity index (χ1v) is 10.9. The van der Waals surface area contributed by atoms with Crippen LogP contribution in [0.3, 0.4) is 0 Å². The molecule has 0 heterocycles. The Morgan fingerprint density at radius 3 is 2.34 bits per heavy atom. The van der Waals surface area contributed by atoms with Gasteiger partial charge in [-0.15, -0.1) is 0 Å². The molecule has 0 bridgehead atoms. The van der Waals surface area contributed by atoms with Gasteiger partial charge in [-0.2, -0.15) is 5.26 Å². The van der Waals surface area contributed by atoms with Crippen molar-refractivity contribution in [3.8, 4) is 11.8 Å². The number of carbonyl (C=O) groups is 2. The zero-order valence-corrected chi connectivity index (χ0v) is 19.6. The number of halogens is 2. The fourth-order valence-electron chi connectivity index (χ4n) is 2.65. The van der Waals surface area contributed by atoms with Crippen molar-refractivity contribution in [3.63, 3.8) is 0 Å². The molecule has 2 amide bonds. The molecule has 0 unspecified atom stereocenters. The van der Waals surface area contributed by atoms with E-state index in [4.69, 9.17) is 16.3 Å². The number of hydrogen-bond donors (Lipinski definition) is 2. The van der Waals surface area contributed by atoms with E-state index in [1.54, 1.807) is 54.6 Å². The molecule has 0 saturated carbocycles. The van der Waals surface area contributed by atoms with E-state index >= 15 is 0 Å². The fourth-order valence-corrected chi connectivity index (χ4v) is 3.39. The molecular formula is C24H17ClIN3O3. The molecule has 3 aromatic carbocycles. The third kappa shape index (κ3) is 7.11. The zero-order valence-electron chi connectivity index (χ0n) is 16.6. The number of hydrogen-bond acceptors (Lipinski definition) is 4. The van der Waals surface area contributed by atoms with Crippen molar-refractivity contribution in [1.29, 1.82) is 5.26 Å². The predicted molar refractivity (Wildman–Crippen MR) is 133 cm³/mol. The van der Waals surface area contributed by atoms with Crippen molar-refractivity contribution >= 4 is 63.5 Å². The minimum Gasteiger partial charge on any atom is -0.484 e. The summed E-state index contributed by atoms with van der Waals surface area (Å²) in [4.78, 5) is 24.4. The van der Waals surface area contributed by atoms with E-state index in [1.807, 2.05) is 24.3 Å². The number of nitrogens with zero attached hydrogens (tertiary/aromatic N) is 1. The molecule has 0 radical (unpaired) electrons. The summed E-state index contributed by atoms with van der Waals surface area (Å²) < 4.78 is 6.46. The standard InChI is InChI=1S/C24H17ClIN3O3/c25-18-3-1-5-20(12-18)28-23(30)15-32-22-9-7-16(8-10-22)11-17(14-27)24(31)29-21-6-2-4-19(26)13-21/h1-13H,15H2,(H,28,30)(H,29,31)/b17-11+. The Morgan fingerprint density at radius 1 is 1.00 bits per heavy atom. The monoisotopic (exact) mass is 557 g/mol. The van der Waals surface area contributed by atoms with Gasteiger partial charge in [0.05, 0.1) is 0 Å². The third-order valence-corrected chi connectivity index (χ3v) is 5.02. The minimum atomic E-state index is -0.493. The van der Waals surface area contributed by atoms with Crippen LogP contribution in [-0.2, 0) is 9.59 Å². The van der Waals surface area contributed by atoms with Crippen molar-refractivity contribution in [2.24, 2.45) is 0 Å². The third-order valence-electron chi connectivity index (χ3n) is 4.12. The molecule has 3 rings (SSSR count). The molecule has 0 fully saturated rings. The van der Waals surface area contributed by atoms with Gasteiger partial charge in [0, 0.05) is 20.0 Å². The Bertz CT molecular complexity index is 1200. The van der Waals surface area contributed by atoms with Crippen molar-refractivity contribution in [2.45, 2.75) is 0 Å². The molecule has 6 nitrogen and oxygen atoms in total. The van der Waals surface area contributed by atoms with Crippen LogP contribution < -0.4 is 15.4 Å². The Hall–Kier alpha value is -3.35. The lowest BCUT2D eigenvalue weighted by Crippen LogP contribution is -2.20. The molecule has 0 atom stereocenters. The van der Waals surface area contributed by atoms with E-state index in [1.165, 1.54) is 6.08 Å². The first-order chi connectivity index (χ1) is 15.4. The molecule has 0 aliphatic carbocycles. The number of nitrogens with one attached hydrogen (secondary N) is 2. The van der Waals surface area contributed by atoms with Gasteiger partial charge in [-0.05, 0) is 82.8 Å². The van der Waals surface area contributed by atoms with E-state index in [0.29, 0.717) is 27.7 Å². The first kappa shape index (κ1) is 23.3. The number of anilines is 2. The SMILES string of the molecule is N#C/C(=C\c1ccc(OCC(=O)Nc2cccc(Cl)c2)cc1)C(=O)Nc1cccc(I)c1. The van der Waals surface area contributed by atoms with Gasteiger partial charge in [0.15, 0.2) is 6.61 Å². The number of carbonyl (C=O) groups excluding carboxylic acids is 2. The fraction of sp³-hybridized carbons (Fsp3) is 0.0417. The molecule has 0 saturated heterocycles. The van der Waals surface area contributed by atoms with Crippen LogP contribution in [-0.4, -0.2) is 18.4 Å². The highest BCUT2D eigenvalue weighted by Gasteiger charge is 2.10. The molecule has 0 spiro atoms. The molecule has 3 aromatic rings. The van der Waals surface area contributed by atoms with Crippen LogP contribution in [0.15, 0.2) is 78.4 Å². The molecule has 0 aliphatic rings. The molecule has 2 N–H and O–H groups in total. The van der Waals surface area contributed by atoms with Crippen LogP contribution in [0.4, 0.5) is 11.4 Å². The van der Waals surface area contributed by atoms with Gasteiger partial charge in [-0.25, -0.2) is 0 Å². The molecule has 0 aliphatic heterocycles. The number of ether oxygens (including phenoxy) is 1. The number of amides is 2. The Morgan fingerprint density at radius 2 is 1.69 bits per heavy atom. The second-order valence-electron chi connectivity index (χ2n) is 6.55. The maximum Gasteiger partial charge on any atom is 0.266 e. The van der Waals surface area contributed by atoms with Gasteiger partial charge in [0.1, 0.15) is 17.4 Å². The van der Waals surface area contributed by atoms with Gasteiger partial charge in [-0.3, -0.25) is 9.59 Å². The summed E-state index contributed by atoms with van der Waals surface area (Å²) in [5, 5.41) is 15.3. The quantitative estimate of drug-likeness (QED) is 0.228. The van der Waals surface area contributed by atoms with Crippen LogP contribution in [0.5, 0.6) is 5.75 Å². The normalized spacial score (nSPS) is 10.7. The van der Waals surface area contributed by atoms with Crippen molar-refractivity contribution < 1.29 is 14.3 Å². The highest BCUT2D eigenvalue weighted by atomic mass is 127. The summed E-state index contributed by atoms with van der Waals surface area (Å²) in [7, 11) is 0. The van der Waals surface area contributed by atoms with Gasteiger partial charge < -0.3 is 15.4 Å². The maximum atomic E-state index is 12.4. The molecule has 0 aromatic heterocycles. The van der Waals surface area contributed by atoms with Crippen molar-refractivity contribution in [1.82, 2.24) is 0 Å². The lowest BCUT2D eigenvalue weighted by atomic mass is 10.1. The van der Waals surface area contributed by atoms with Gasteiger partial charge in [0.2, 0.25) is 0 Å². The average molecular weight is 558 g/mol. The largest absolute Gasteiger partial charge is 0.484 e. The molecule has 160 valence electrons. The Kier molecular flexibility index (Phi) is 8.25. The number of nitriles is 1. The molecular weight excluding hydrogens is 541 g/mol. The predicted octanol–water partition coefficient (Wildman–Crippen LogP) is 5.51. The van der Waals surface area contributed by atoms with Crippen LogP contribution in [0.2, 0.25) is 5.02 Å². The average Bonchev–Trinajstić information content (AvgIpc) is 2.77. The van der Waals surface area contributed by atoms with E-state index < -0.39 is 5.91 Å². The van der Waals surface area contributed by atoms with Crippen LogP contribution in [0.1, 0.15) is 5.56 Å². The summed E-state index contributed by atoms with van der Waals surface area (Å²) in [5.41, 5.74) is 1.82. The second-order valence-corrected chi connectivity index (χ2v) is 8.23. The van der Waals surface area contributed by atoms with Gasteiger partial charge in [-0.1, -0.05) is 35.9 Å². The van der Waals surface area contributed by atoms with E-state index in [9.17, 15) is 14.9 Å². The zero-order chi connectivity index (χ0) is 22.9. The maximum absolute atomic E-state index is 12.4. The van der Waals surface area contributed by atoms with E-state index in [-0.39, 0.29) is 18.1 Å². The highest BCUT2D eigenvalue weighted by molar-refractivity contribution is 14.1. The Balaban J connectivity index is 1.57. The smallest absolute Gasteiger partial charge is 0.266 e. The van der Waals surface area contributed by atoms with Crippen molar-refractivity contribution in [2.75, 3.05) is 17.2 Å². The van der Waals surface area contributed by atoms with Gasteiger partial charge in [0.25, 0.3) is 11.8 Å². The lowest BCUT2D eigenvalue weighted by Gasteiger charge is -2.08. The topological polar surface area (TPSA) is 91.2 Å². The number of benzene rings is 3. The Labute approximate surface area is 204 Å². The highest BCUT2D eigenvalue weighted by Crippen LogP contribution is 2.18. The summed E-state index contributed by atoms with van der Waals surface area (Å²) in [6, 6.07) is 22.7. The summed E-state index contributed by atoms with van der Waals surface area (Å²) in [6.45, 7) is -0.177. The van der Waals surface area contributed by atoms with E-state index in [0.717, 1.165) is 3.57 Å². The van der Waals surface area contributed by atoms with Crippen LogP contribution >= 0.6 is 34.2 Å². The van der Waals surface area contributed by atoms with Crippen LogP contribution in [0.25, 0.3) is 6.08 Å².